The van der Waals surface area contributed by atoms with Crippen molar-refractivity contribution < 1.29 is 4.74 Å². The summed E-state index contributed by atoms with van der Waals surface area (Å²) in [5.74, 6) is 1.82. The van der Waals surface area contributed by atoms with Crippen LogP contribution in [0.2, 0.25) is 0 Å². The second-order valence-electron chi connectivity index (χ2n) is 13.1. The van der Waals surface area contributed by atoms with Gasteiger partial charge in [0.2, 0.25) is 0 Å². The van der Waals surface area contributed by atoms with Crippen LogP contribution in [0.25, 0.3) is 28.0 Å². The maximum atomic E-state index is 6.49. The van der Waals surface area contributed by atoms with Crippen molar-refractivity contribution >= 4 is 11.4 Å². The molecular formula is C47H32N2O. The van der Waals surface area contributed by atoms with E-state index in [1.54, 1.807) is 0 Å². The van der Waals surface area contributed by atoms with Crippen LogP contribution in [-0.2, 0) is 5.41 Å². The van der Waals surface area contributed by atoms with Gasteiger partial charge in [-0.05, 0) is 74.3 Å². The first kappa shape index (κ1) is 28.6. The normalized spacial score (nSPS) is 16.1. The van der Waals surface area contributed by atoms with Gasteiger partial charge in [0.15, 0.2) is 0 Å². The van der Waals surface area contributed by atoms with E-state index in [1.165, 1.54) is 44.5 Å². The lowest BCUT2D eigenvalue weighted by atomic mass is 9.66. The molecule has 0 aromatic heterocycles. The molecule has 1 N–H and O–H groups in total. The largest absolute Gasteiger partial charge is 0.457 e. The predicted molar refractivity (Wildman–Crippen MR) is 203 cm³/mol. The fourth-order valence-electron chi connectivity index (χ4n) is 8.14. The van der Waals surface area contributed by atoms with Crippen LogP contribution < -0.4 is 10.1 Å². The van der Waals surface area contributed by atoms with Crippen LogP contribution in [0.1, 0.15) is 45.1 Å². The highest BCUT2D eigenvalue weighted by Crippen LogP contribution is 2.62. The molecular weight excluding hydrogens is 609 g/mol. The summed E-state index contributed by atoms with van der Waals surface area (Å²) < 4.78 is 6.49. The van der Waals surface area contributed by atoms with Crippen molar-refractivity contribution in [1.82, 2.24) is 5.32 Å². The van der Waals surface area contributed by atoms with Crippen LogP contribution >= 0.6 is 0 Å². The Morgan fingerprint density at radius 1 is 0.460 bits per heavy atom. The Kier molecular flexibility index (Phi) is 6.47. The van der Waals surface area contributed by atoms with Gasteiger partial charge in [-0.25, -0.2) is 0 Å². The van der Waals surface area contributed by atoms with Crippen molar-refractivity contribution in [2.75, 3.05) is 0 Å². The monoisotopic (exact) mass is 640 g/mol. The molecule has 0 saturated carbocycles. The number of para-hydroxylation sites is 2. The van der Waals surface area contributed by atoms with Gasteiger partial charge in [0, 0.05) is 16.8 Å². The molecule has 0 radical (unpaired) electrons. The summed E-state index contributed by atoms with van der Waals surface area (Å²) in [4.78, 5) is 5.10. The topological polar surface area (TPSA) is 33.6 Å². The molecule has 1 spiro atoms. The number of nitrogens with zero attached hydrogens (tertiary/aromatic N) is 1. The van der Waals surface area contributed by atoms with Gasteiger partial charge in [-0.1, -0.05) is 158 Å². The van der Waals surface area contributed by atoms with Gasteiger partial charge in [0.25, 0.3) is 0 Å². The number of hydrogen-bond acceptors (Lipinski definition) is 3. The SMILES string of the molecule is C1=C(c2ccc(-c3ccc4c(c3)-c3ccccc3C43c4ccccc4Oc4ccccc43)cc2)NC(c2ccccc2)N=C1c1ccccc1. The minimum Gasteiger partial charge on any atom is -0.457 e. The first-order valence-corrected chi connectivity index (χ1v) is 17.2. The standard InChI is InChI=1S/C47H32N2O/c1-3-13-32(14-4-1)42-30-43(49-46(48-42)34-15-5-2-6-16-34)33-25-23-31(24-26-33)35-27-28-39-37(29-35)36-17-7-8-18-38(36)47(39)40-19-9-11-21-44(40)50-45-22-12-10-20-41(45)47/h1-30,46,49H. The lowest BCUT2D eigenvalue weighted by Gasteiger charge is -2.39. The summed E-state index contributed by atoms with van der Waals surface area (Å²) in [6.07, 6.45) is 2.00. The molecule has 3 heteroatoms. The van der Waals surface area contributed by atoms with E-state index in [4.69, 9.17) is 9.73 Å². The Hall–Kier alpha value is -6.45. The Morgan fingerprint density at radius 3 is 1.74 bits per heavy atom. The minimum absolute atomic E-state index is 0.171. The highest BCUT2D eigenvalue weighted by molar-refractivity contribution is 6.13. The molecule has 1 atom stereocenters. The summed E-state index contributed by atoms with van der Waals surface area (Å²) >= 11 is 0. The quantitative estimate of drug-likeness (QED) is 0.208. The molecule has 2 aliphatic heterocycles. The summed E-state index contributed by atoms with van der Waals surface area (Å²) in [5, 5.41) is 3.70. The molecule has 3 aliphatic rings. The van der Waals surface area contributed by atoms with Crippen molar-refractivity contribution in [2.45, 2.75) is 11.6 Å². The van der Waals surface area contributed by atoms with E-state index in [1.807, 2.05) is 12.1 Å². The van der Waals surface area contributed by atoms with Gasteiger partial charge in [-0.2, -0.15) is 0 Å². The van der Waals surface area contributed by atoms with Gasteiger partial charge < -0.3 is 10.1 Å². The first-order valence-electron chi connectivity index (χ1n) is 17.2. The van der Waals surface area contributed by atoms with E-state index in [0.717, 1.165) is 39.6 Å². The summed E-state index contributed by atoms with van der Waals surface area (Å²) in [6.45, 7) is 0. The van der Waals surface area contributed by atoms with Crippen molar-refractivity contribution in [1.29, 1.82) is 0 Å². The van der Waals surface area contributed by atoms with Gasteiger partial charge in [0.1, 0.15) is 17.7 Å². The maximum absolute atomic E-state index is 6.49. The number of nitrogens with one attached hydrogen (secondary N) is 1. The molecule has 10 rings (SSSR count). The van der Waals surface area contributed by atoms with E-state index in [9.17, 15) is 0 Å². The number of fused-ring (bicyclic) bond motifs is 9. The molecule has 1 aliphatic carbocycles. The van der Waals surface area contributed by atoms with E-state index in [0.29, 0.717) is 0 Å². The van der Waals surface area contributed by atoms with Crippen LogP contribution in [-0.4, -0.2) is 5.71 Å². The van der Waals surface area contributed by atoms with E-state index in [-0.39, 0.29) is 6.17 Å². The molecule has 236 valence electrons. The summed E-state index contributed by atoms with van der Waals surface area (Å²) in [6, 6.07) is 62.7. The number of aliphatic imine (C=N–C) groups is 1. The molecule has 2 heterocycles. The fourth-order valence-corrected chi connectivity index (χ4v) is 8.14. The van der Waals surface area contributed by atoms with Gasteiger partial charge >= 0.3 is 0 Å². The third-order valence-electron chi connectivity index (χ3n) is 10.4. The van der Waals surface area contributed by atoms with Crippen LogP contribution in [0.4, 0.5) is 0 Å². The van der Waals surface area contributed by atoms with Crippen LogP contribution in [0.5, 0.6) is 11.5 Å². The molecule has 50 heavy (non-hydrogen) atoms. The second kappa shape index (κ2) is 11.3. The zero-order valence-electron chi connectivity index (χ0n) is 27.3. The van der Waals surface area contributed by atoms with Crippen molar-refractivity contribution in [3.63, 3.8) is 0 Å². The first-order chi connectivity index (χ1) is 24.8. The van der Waals surface area contributed by atoms with Crippen molar-refractivity contribution in [3.05, 3.63) is 221 Å². The molecule has 7 aromatic carbocycles. The average Bonchev–Trinajstić information content (AvgIpc) is 3.48. The number of rotatable bonds is 4. The van der Waals surface area contributed by atoms with Crippen LogP contribution in [0, 0.1) is 0 Å². The molecule has 7 aromatic rings. The molecule has 0 bridgehead atoms. The lowest BCUT2D eigenvalue weighted by molar-refractivity contribution is 0.436. The summed E-state index contributed by atoms with van der Waals surface area (Å²) in [5.41, 5.74) is 14.8. The third-order valence-corrected chi connectivity index (χ3v) is 10.4. The Labute approximate surface area is 291 Å². The molecule has 0 amide bonds. The average molecular weight is 641 g/mol. The molecule has 0 saturated heterocycles. The second-order valence-corrected chi connectivity index (χ2v) is 13.1. The highest BCUT2D eigenvalue weighted by Gasteiger charge is 2.50. The third kappa shape index (κ3) is 4.33. The van der Waals surface area contributed by atoms with Crippen LogP contribution in [0.15, 0.2) is 187 Å². The van der Waals surface area contributed by atoms with Gasteiger partial charge in [-0.15, -0.1) is 0 Å². The van der Waals surface area contributed by atoms with Gasteiger partial charge in [-0.3, -0.25) is 4.99 Å². The number of benzene rings is 7. The lowest BCUT2D eigenvalue weighted by Crippen LogP contribution is -2.32. The predicted octanol–water partition coefficient (Wildman–Crippen LogP) is 11.0. The minimum atomic E-state index is -0.452. The van der Waals surface area contributed by atoms with E-state index in [2.05, 4.69) is 175 Å². The maximum Gasteiger partial charge on any atom is 0.145 e. The molecule has 0 fully saturated rings. The smallest absolute Gasteiger partial charge is 0.145 e. The van der Waals surface area contributed by atoms with Crippen LogP contribution in [0.3, 0.4) is 0 Å². The zero-order valence-corrected chi connectivity index (χ0v) is 27.3. The van der Waals surface area contributed by atoms with Crippen molar-refractivity contribution in [2.24, 2.45) is 4.99 Å². The Morgan fingerprint density at radius 2 is 1.02 bits per heavy atom. The fraction of sp³-hybridized carbons (Fsp3) is 0.0426. The number of ether oxygens (including phenoxy) is 1. The summed E-state index contributed by atoms with van der Waals surface area (Å²) in [7, 11) is 0. The Bertz CT molecular complexity index is 2430. The highest BCUT2D eigenvalue weighted by atomic mass is 16.5. The Balaban J connectivity index is 1.06. The van der Waals surface area contributed by atoms with Crippen molar-refractivity contribution in [3.8, 4) is 33.8 Å². The number of hydrogen-bond donors (Lipinski definition) is 1. The zero-order chi connectivity index (χ0) is 33.1. The van der Waals surface area contributed by atoms with Gasteiger partial charge in [0.05, 0.1) is 11.1 Å². The molecule has 1 unspecified atom stereocenters. The molecule has 3 nitrogen and oxygen atoms in total. The van der Waals surface area contributed by atoms with E-state index < -0.39 is 5.41 Å². The number of allylic oxidation sites excluding steroid dienone is 1. The van der Waals surface area contributed by atoms with E-state index >= 15 is 0 Å².